The van der Waals surface area contributed by atoms with Crippen LogP contribution < -0.4 is 14.8 Å². The van der Waals surface area contributed by atoms with E-state index in [1.54, 1.807) is 20.2 Å². The van der Waals surface area contributed by atoms with Gasteiger partial charge in [0.2, 0.25) is 5.95 Å². The molecule has 1 aromatic heterocycles. The van der Waals surface area contributed by atoms with Crippen molar-refractivity contribution in [1.82, 2.24) is 14.9 Å². The average Bonchev–Trinajstić information content (AvgIpc) is 2.81. The van der Waals surface area contributed by atoms with Crippen LogP contribution in [0.2, 0.25) is 5.02 Å². The first-order valence-corrected chi connectivity index (χ1v) is 10.6. The predicted octanol–water partition coefficient (Wildman–Crippen LogP) is 4.47. The lowest BCUT2D eigenvalue weighted by atomic mass is 10.0. The van der Waals surface area contributed by atoms with Crippen molar-refractivity contribution in [3.63, 3.8) is 0 Å². The number of aromatic carboxylic acids is 1. The fraction of sp³-hybridized carbons (Fsp3) is 0.217. The van der Waals surface area contributed by atoms with Gasteiger partial charge in [0.1, 0.15) is 11.5 Å². The van der Waals surface area contributed by atoms with Gasteiger partial charge < -0.3 is 24.8 Å². The first-order valence-electron chi connectivity index (χ1n) is 10.2. The van der Waals surface area contributed by atoms with Crippen LogP contribution in [0.4, 0.5) is 19.1 Å². The van der Waals surface area contributed by atoms with Crippen molar-refractivity contribution in [2.45, 2.75) is 12.9 Å². The fourth-order valence-electron chi connectivity index (χ4n) is 2.90. The van der Waals surface area contributed by atoms with Crippen LogP contribution in [-0.2, 0) is 11.3 Å². The molecule has 0 spiro atoms. The van der Waals surface area contributed by atoms with E-state index in [-0.39, 0.29) is 47.1 Å². The Morgan fingerprint density at radius 1 is 1.11 bits per heavy atom. The smallest absolute Gasteiger partial charge is 0.482 e. The van der Waals surface area contributed by atoms with Gasteiger partial charge in [-0.05, 0) is 35.4 Å². The summed E-state index contributed by atoms with van der Waals surface area (Å²) in [5.74, 6) is -1.80. The molecule has 0 aliphatic carbocycles. The molecule has 190 valence electrons. The minimum atomic E-state index is -4.79. The summed E-state index contributed by atoms with van der Waals surface area (Å²) in [6, 6.07) is 8.24. The highest BCUT2D eigenvalue weighted by Crippen LogP contribution is 2.34. The zero-order valence-electron chi connectivity index (χ0n) is 19.0. The Hall–Kier alpha value is -4.06. The largest absolute Gasteiger partial charge is 0.573 e. The molecule has 9 nitrogen and oxygen atoms in total. The van der Waals surface area contributed by atoms with E-state index in [4.69, 9.17) is 16.3 Å². The zero-order valence-corrected chi connectivity index (χ0v) is 19.7. The number of halogens is 4. The van der Waals surface area contributed by atoms with Gasteiger partial charge in [-0.1, -0.05) is 23.7 Å². The molecule has 0 saturated carbocycles. The molecule has 0 bridgehead atoms. The summed E-state index contributed by atoms with van der Waals surface area (Å²) in [4.78, 5) is 33.1. The molecule has 1 amide bonds. The van der Waals surface area contributed by atoms with Crippen LogP contribution in [0.5, 0.6) is 11.5 Å². The summed E-state index contributed by atoms with van der Waals surface area (Å²) in [6.45, 7) is -0.222. The van der Waals surface area contributed by atoms with Crippen LogP contribution in [-0.4, -0.2) is 58.9 Å². The van der Waals surface area contributed by atoms with Gasteiger partial charge in [-0.3, -0.25) is 4.79 Å². The highest BCUT2D eigenvalue weighted by molar-refractivity contribution is 6.35. The third kappa shape index (κ3) is 7.22. The molecule has 36 heavy (non-hydrogen) atoms. The van der Waals surface area contributed by atoms with Gasteiger partial charge in [0.25, 0.3) is 5.91 Å². The van der Waals surface area contributed by atoms with E-state index in [0.717, 1.165) is 0 Å². The summed E-state index contributed by atoms with van der Waals surface area (Å²) in [6.07, 6.45) is -1.95. The topological polar surface area (TPSA) is 114 Å². The summed E-state index contributed by atoms with van der Waals surface area (Å²) in [5, 5.41) is 12.2. The van der Waals surface area contributed by atoms with E-state index >= 15 is 0 Å². The summed E-state index contributed by atoms with van der Waals surface area (Å²) >= 11 is 6.15. The SMILES string of the molecule is CN(C)C(=O)COc1cc(-c2cnc(NCc3cccc(OC(F)(F)F)c3)nc2)cc(C(=O)O)c1Cl. The van der Waals surface area contributed by atoms with Crippen molar-refractivity contribution >= 4 is 29.4 Å². The predicted molar refractivity (Wildman–Crippen MR) is 124 cm³/mol. The number of carbonyl (C=O) groups excluding carboxylic acids is 1. The monoisotopic (exact) mass is 524 g/mol. The Kier molecular flexibility index (Phi) is 8.20. The van der Waals surface area contributed by atoms with Crippen LogP contribution in [0.25, 0.3) is 11.1 Å². The Balaban J connectivity index is 1.76. The van der Waals surface area contributed by atoms with Crippen molar-refractivity contribution in [1.29, 1.82) is 0 Å². The van der Waals surface area contributed by atoms with E-state index in [1.165, 1.54) is 47.6 Å². The van der Waals surface area contributed by atoms with Crippen LogP contribution >= 0.6 is 11.6 Å². The first kappa shape index (κ1) is 26.5. The van der Waals surface area contributed by atoms with Gasteiger partial charge in [0, 0.05) is 38.6 Å². The molecule has 0 aliphatic rings. The molecule has 1 heterocycles. The molecule has 0 fully saturated rings. The summed E-state index contributed by atoms with van der Waals surface area (Å²) in [7, 11) is 3.10. The Morgan fingerprint density at radius 3 is 2.42 bits per heavy atom. The number of nitrogens with zero attached hydrogens (tertiary/aromatic N) is 3. The fourth-order valence-corrected chi connectivity index (χ4v) is 3.14. The van der Waals surface area contributed by atoms with Crippen molar-refractivity contribution in [3.8, 4) is 22.6 Å². The van der Waals surface area contributed by atoms with Gasteiger partial charge in [0.15, 0.2) is 6.61 Å². The van der Waals surface area contributed by atoms with Crippen LogP contribution in [0.1, 0.15) is 15.9 Å². The van der Waals surface area contributed by atoms with E-state index < -0.39 is 12.3 Å². The minimum Gasteiger partial charge on any atom is -0.482 e. The van der Waals surface area contributed by atoms with E-state index in [1.807, 2.05) is 0 Å². The number of alkyl halides is 3. The van der Waals surface area contributed by atoms with Crippen molar-refractivity contribution in [3.05, 3.63) is 64.9 Å². The van der Waals surface area contributed by atoms with Gasteiger partial charge in [-0.2, -0.15) is 0 Å². The van der Waals surface area contributed by atoms with Crippen LogP contribution in [0, 0.1) is 0 Å². The average molecular weight is 525 g/mol. The molecule has 3 aromatic rings. The molecule has 0 radical (unpaired) electrons. The number of carboxylic acid groups (broad SMARTS) is 1. The number of hydrogen-bond donors (Lipinski definition) is 2. The minimum absolute atomic E-state index is 0.00456. The maximum Gasteiger partial charge on any atom is 0.573 e. The zero-order chi connectivity index (χ0) is 26.5. The molecular weight excluding hydrogens is 505 g/mol. The summed E-state index contributed by atoms with van der Waals surface area (Å²) in [5.41, 5.74) is 1.09. The van der Waals surface area contributed by atoms with Gasteiger partial charge in [-0.25, -0.2) is 14.8 Å². The number of carboxylic acids is 1. The van der Waals surface area contributed by atoms with Crippen LogP contribution in [0.15, 0.2) is 48.8 Å². The lowest BCUT2D eigenvalue weighted by Crippen LogP contribution is -2.27. The van der Waals surface area contributed by atoms with Gasteiger partial charge in [-0.15, -0.1) is 13.2 Å². The lowest BCUT2D eigenvalue weighted by molar-refractivity contribution is -0.274. The molecule has 0 atom stereocenters. The van der Waals surface area contributed by atoms with Gasteiger partial charge >= 0.3 is 12.3 Å². The number of nitrogens with one attached hydrogen (secondary N) is 1. The second-order valence-corrected chi connectivity index (χ2v) is 7.94. The van der Waals surface area contributed by atoms with Crippen molar-refractivity contribution < 1.29 is 37.3 Å². The first-order chi connectivity index (χ1) is 16.9. The molecule has 0 unspecified atom stereocenters. The molecular formula is C23H20ClF3N4O5. The number of anilines is 1. The second-order valence-electron chi connectivity index (χ2n) is 7.56. The van der Waals surface area contributed by atoms with E-state index in [0.29, 0.717) is 16.7 Å². The number of aromatic nitrogens is 2. The quantitative estimate of drug-likeness (QED) is 0.421. The second kappa shape index (κ2) is 11.1. The number of benzene rings is 2. The molecule has 3 rings (SSSR count). The Bertz CT molecular complexity index is 1250. The lowest BCUT2D eigenvalue weighted by Gasteiger charge is -2.14. The van der Waals surface area contributed by atoms with Crippen LogP contribution in [0.3, 0.4) is 0 Å². The molecule has 2 N–H and O–H groups in total. The highest BCUT2D eigenvalue weighted by Gasteiger charge is 2.31. The maximum atomic E-state index is 12.4. The third-order valence-corrected chi connectivity index (χ3v) is 5.08. The molecule has 0 saturated heterocycles. The van der Waals surface area contributed by atoms with Gasteiger partial charge in [0.05, 0.1) is 10.6 Å². The van der Waals surface area contributed by atoms with E-state index in [2.05, 4.69) is 20.0 Å². The molecule has 2 aromatic carbocycles. The standard InChI is InChI=1S/C23H20ClF3N4O5/c1-31(2)19(32)12-35-18-8-14(7-17(20(18)24)21(33)34)15-10-29-22(30-11-15)28-9-13-4-3-5-16(6-13)36-23(25,26)27/h3-8,10-11H,9,12H2,1-2H3,(H,33,34)(H,28,29,30). The normalized spacial score (nSPS) is 11.1. The number of carbonyl (C=O) groups is 2. The van der Waals surface area contributed by atoms with E-state index in [9.17, 15) is 27.9 Å². The Morgan fingerprint density at radius 2 is 1.81 bits per heavy atom. The highest BCUT2D eigenvalue weighted by atomic mass is 35.5. The maximum absolute atomic E-state index is 12.4. The summed E-state index contributed by atoms with van der Waals surface area (Å²) < 4.78 is 46.6. The van der Waals surface area contributed by atoms with Crippen molar-refractivity contribution in [2.24, 2.45) is 0 Å². The Labute approximate surface area is 208 Å². The van der Waals surface area contributed by atoms with Crippen molar-refractivity contribution in [2.75, 3.05) is 26.0 Å². The molecule has 13 heteroatoms. The number of amides is 1. The molecule has 0 aliphatic heterocycles. The third-order valence-electron chi connectivity index (χ3n) is 4.69. The number of ether oxygens (including phenoxy) is 2. The number of hydrogen-bond acceptors (Lipinski definition) is 7. The number of rotatable bonds is 9. The number of likely N-dealkylation sites (N-methyl/N-ethyl adjacent to an activating group) is 1.